The van der Waals surface area contributed by atoms with Crippen LogP contribution in [0.5, 0.6) is 0 Å². The average Bonchev–Trinajstić information content (AvgIpc) is 1.87. The summed E-state index contributed by atoms with van der Waals surface area (Å²) in [4.78, 5) is 19.0. The SMILES string of the molecule is C=C(Cl)C(=O)O.CC=CC(=O)O. The Bertz CT molecular complexity index is 195. The van der Waals surface area contributed by atoms with Crippen LogP contribution in [-0.2, 0) is 9.59 Å². The number of hydrogen-bond donors (Lipinski definition) is 2. The van der Waals surface area contributed by atoms with E-state index in [-0.39, 0.29) is 5.03 Å². The maximum absolute atomic E-state index is 9.51. The molecule has 5 heteroatoms. The summed E-state index contributed by atoms with van der Waals surface area (Å²) in [5.74, 6) is -2.06. The van der Waals surface area contributed by atoms with Gasteiger partial charge in [0.05, 0.1) is 0 Å². The van der Waals surface area contributed by atoms with E-state index in [9.17, 15) is 9.59 Å². The molecule has 0 saturated carbocycles. The molecule has 0 aliphatic rings. The molecule has 2 N–H and O–H groups in total. The molecule has 0 aromatic carbocycles. The van der Waals surface area contributed by atoms with Gasteiger partial charge in [0.1, 0.15) is 5.03 Å². The van der Waals surface area contributed by atoms with Gasteiger partial charge in [0.15, 0.2) is 0 Å². The van der Waals surface area contributed by atoms with Gasteiger partial charge < -0.3 is 10.2 Å². The standard InChI is InChI=1S/C4H6O2.C3H3ClO2/c1-2-3-4(5)6;1-2(4)3(5)6/h2-3H,1H3,(H,5,6);1H2,(H,5,6). The van der Waals surface area contributed by atoms with Gasteiger partial charge in [-0.25, -0.2) is 9.59 Å². The van der Waals surface area contributed by atoms with Crippen molar-refractivity contribution in [3.8, 4) is 0 Å². The Hall–Kier alpha value is -1.29. The van der Waals surface area contributed by atoms with Gasteiger partial charge >= 0.3 is 11.9 Å². The van der Waals surface area contributed by atoms with Crippen LogP contribution < -0.4 is 0 Å². The Labute approximate surface area is 74.8 Å². The lowest BCUT2D eigenvalue weighted by molar-refractivity contribution is -0.132. The number of halogens is 1. The van der Waals surface area contributed by atoms with E-state index >= 15 is 0 Å². The smallest absolute Gasteiger partial charge is 0.346 e. The van der Waals surface area contributed by atoms with Gasteiger partial charge in [0, 0.05) is 6.08 Å². The second-order valence-electron chi connectivity index (χ2n) is 1.55. The summed E-state index contributed by atoms with van der Waals surface area (Å²) in [5, 5.41) is 15.2. The van der Waals surface area contributed by atoms with E-state index in [0.29, 0.717) is 0 Å². The van der Waals surface area contributed by atoms with E-state index in [2.05, 4.69) is 6.58 Å². The highest BCUT2D eigenvalue weighted by atomic mass is 35.5. The second kappa shape index (κ2) is 7.81. The van der Waals surface area contributed by atoms with Crippen molar-refractivity contribution in [2.45, 2.75) is 6.92 Å². The Balaban J connectivity index is 0. The van der Waals surface area contributed by atoms with Gasteiger partial charge in [0.25, 0.3) is 0 Å². The monoisotopic (exact) mass is 192 g/mol. The van der Waals surface area contributed by atoms with Crippen molar-refractivity contribution in [3.05, 3.63) is 23.8 Å². The summed E-state index contributed by atoms with van der Waals surface area (Å²) in [7, 11) is 0. The van der Waals surface area contributed by atoms with Crippen LogP contribution in [-0.4, -0.2) is 22.2 Å². The third kappa shape index (κ3) is 15.9. The Morgan fingerprint density at radius 1 is 1.42 bits per heavy atom. The van der Waals surface area contributed by atoms with Crippen molar-refractivity contribution in [3.63, 3.8) is 0 Å². The highest BCUT2D eigenvalue weighted by Gasteiger charge is 1.93. The highest BCUT2D eigenvalue weighted by Crippen LogP contribution is 1.92. The number of carboxylic acid groups (broad SMARTS) is 2. The lowest BCUT2D eigenvalue weighted by atomic mass is 10.5. The van der Waals surface area contributed by atoms with Crippen molar-refractivity contribution < 1.29 is 19.8 Å². The minimum atomic E-state index is -1.17. The summed E-state index contributed by atoms with van der Waals surface area (Å²) in [6, 6.07) is 0. The van der Waals surface area contributed by atoms with Crippen LogP contribution in [0.3, 0.4) is 0 Å². The van der Waals surface area contributed by atoms with E-state index in [0.717, 1.165) is 6.08 Å². The first-order chi connectivity index (χ1) is 5.41. The molecule has 0 rings (SSSR count). The van der Waals surface area contributed by atoms with Gasteiger partial charge in [-0.1, -0.05) is 24.3 Å². The summed E-state index contributed by atoms with van der Waals surface area (Å²) >= 11 is 4.82. The van der Waals surface area contributed by atoms with E-state index < -0.39 is 11.9 Å². The maximum atomic E-state index is 9.51. The number of allylic oxidation sites excluding steroid dienone is 1. The van der Waals surface area contributed by atoms with E-state index in [4.69, 9.17) is 21.8 Å². The van der Waals surface area contributed by atoms with Gasteiger partial charge in [-0.05, 0) is 6.92 Å². The molecule has 0 saturated heterocycles. The molecule has 0 atom stereocenters. The fourth-order valence-corrected chi connectivity index (χ4v) is 0.143. The molecule has 0 aliphatic carbocycles. The molecule has 0 spiro atoms. The van der Waals surface area contributed by atoms with Crippen LogP contribution in [0.1, 0.15) is 6.92 Å². The summed E-state index contributed by atoms with van der Waals surface area (Å²) < 4.78 is 0. The summed E-state index contributed by atoms with van der Waals surface area (Å²) in [6.07, 6.45) is 2.56. The fraction of sp³-hybridized carbons (Fsp3) is 0.143. The molecule has 0 aromatic rings. The lowest BCUT2D eigenvalue weighted by Gasteiger charge is -1.76. The molecule has 0 bridgehead atoms. The largest absolute Gasteiger partial charge is 0.478 e. The molecule has 0 amide bonds. The summed E-state index contributed by atoms with van der Waals surface area (Å²) in [6.45, 7) is 4.58. The van der Waals surface area contributed by atoms with Crippen molar-refractivity contribution in [1.82, 2.24) is 0 Å². The number of carboxylic acids is 2. The first-order valence-electron chi connectivity index (χ1n) is 2.85. The van der Waals surface area contributed by atoms with E-state index in [1.54, 1.807) is 6.92 Å². The van der Waals surface area contributed by atoms with Crippen LogP contribution in [0.25, 0.3) is 0 Å². The molecule has 68 valence electrons. The molecule has 0 radical (unpaired) electrons. The fourth-order valence-electron chi connectivity index (χ4n) is 0.143. The van der Waals surface area contributed by atoms with Crippen molar-refractivity contribution >= 4 is 23.5 Å². The zero-order chi connectivity index (χ0) is 10.1. The Kier molecular flexibility index (Phi) is 8.67. The molecule has 0 fully saturated rings. The van der Waals surface area contributed by atoms with Crippen molar-refractivity contribution in [1.29, 1.82) is 0 Å². The zero-order valence-corrected chi connectivity index (χ0v) is 7.21. The predicted molar refractivity (Wildman–Crippen MR) is 45.1 cm³/mol. The maximum Gasteiger partial charge on any atom is 0.346 e. The molecule has 12 heavy (non-hydrogen) atoms. The topological polar surface area (TPSA) is 74.6 Å². The van der Waals surface area contributed by atoms with Gasteiger partial charge in [-0.15, -0.1) is 0 Å². The number of aliphatic carboxylic acids is 2. The van der Waals surface area contributed by atoms with Crippen LogP contribution in [0.15, 0.2) is 23.8 Å². The number of carbonyl (C=O) groups is 2. The lowest BCUT2D eigenvalue weighted by Crippen LogP contribution is -1.89. The zero-order valence-electron chi connectivity index (χ0n) is 6.45. The molecule has 0 aromatic heterocycles. The molecule has 0 unspecified atom stereocenters. The van der Waals surface area contributed by atoms with Gasteiger partial charge in [-0.3, -0.25) is 0 Å². The molecular formula is C7H9ClO4. The first-order valence-corrected chi connectivity index (χ1v) is 3.23. The van der Waals surface area contributed by atoms with Crippen LogP contribution in [0.4, 0.5) is 0 Å². The summed E-state index contributed by atoms with van der Waals surface area (Å²) in [5.41, 5.74) is 0. The minimum absolute atomic E-state index is 0.352. The van der Waals surface area contributed by atoms with Crippen LogP contribution >= 0.6 is 11.6 Å². The number of hydrogen-bond acceptors (Lipinski definition) is 2. The molecule has 4 nitrogen and oxygen atoms in total. The highest BCUT2D eigenvalue weighted by molar-refractivity contribution is 6.40. The first kappa shape index (κ1) is 13.3. The van der Waals surface area contributed by atoms with Crippen molar-refractivity contribution in [2.24, 2.45) is 0 Å². The van der Waals surface area contributed by atoms with Gasteiger partial charge in [0.2, 0.25) is 0 Å². The van der Waals surface area contributed by atoms with Crippen LogP contribution in [0.2, 0.25) is 0 Å². The second-order valence-corrected chi connectivity index (χ2v) is 2.00. The minimum Gasteiger partial charge on any atom is -0.478 e. The average molecular weight is 193 g/mol. The molecule has 0 aliphatic heterocycles. The van der Waals surface area contributed by atoms with Gasteiger partial charge in [-0.2, -0.15) is 0 Å². The molecular weight excluding hydrogens is 184 g/mol. The predicted octanol–water partition coefficient (Wildman–Crippen LogP) is 1.47. The van der Waals surface area contributed by atoms with Crippen LogP contribution in [0, 0.1) is 0 Å². The molecule has 0 heterocycles. The van der Waals surface area contributed by atoms with Crippen molar-refractivity contribution in [2.75, 3.05) is 0 Å². The Morgan fingerprint density at radius 3 is 1.75 bits per heavy atom. The normalized spacial score (nSPS) is 8.50. The van der Waals surface area contributed by atoms with E-state index in [1.807, 2.05) is 0 Å². The third-order valence-corrected chi connectivity index (χ3v) is 0.703. The number of rotatable bonds is 2. The van der Waals surface area contributed by atoms with E-state index in [1.165, 1.54) is 6.08 Å². The Morgan fingerprint density at radius 2 is 1.75 bits per heavy atom. The quantitative estimate of drug-likeness (QED) is 0.650. The third-order valence-electron chi connectivity index (χ3n) is 0.541.